The maximum atomic E-state index is 10.2. The van der Waals surface area contributed by atoms with Gasteiger partial charge in [-0.2, -0.15) is 0 Å². The molecule has 1 aliphatic rings. The minimum Gasteiger partial charge on any atom is -0.508 e. The smallest absolute Gasteiger partial charge is 0.157 e. The van der Waals surface area contributed by atoms with Crippen molar-refractivity contribution in [3.63, 3.8) is 0 Å². The summed E-state index contributed by atoms with van der Waals surface area (Å²) in [7, 11) is 0. The molecule has 2 aromatic carbocycles. The topological polar surface area (TPSA) is 110 Å². The number of aliphatic hydroxyl groups excluding tert-OH is 2. The quantitative estimate of drug-likeness (QED) is 0.507. The molecule has 2 aromatic rings. The van der Waals surface area contributed by atoms with E-state index in [1.54, 1.807) is 0 Å². The Bertz CT molecular complexity index is 684. The van der Waals surface area contributed by atoms with Gasteiger partial charge in [-0.3, -0.25) is 0 Å². The predicted octanol–water partition coefficient (Wildman–Crippen LogP) is 1.33. The van der Waals surface area contributed by atoms with Crippen LogP contribution in [0.5, 0.6) is 23.0 Å². The summed E-state index contributed by atoms with van der Waals surface area (Å²) in [5.74, 6) is -0.405. The van der Waals surface area contributed by atoms with Crippen LogP contribution >= 0.6 is 0 Å². The van der Waals surface area contributed by atoms with Crippen LogP contribution in [0.25, 0.3) is 0 Å². The first-order chi connectivity index (χ1) is 9.97. The van der Waals surface area contributed by atoms with Crippen LogP contribution in [0.4, 0.5) is 0 Å². The van der Waals surface area contributed by atoms with Gasteiger partial charge < -0.3 is 30.3 Å². The van der Waals surface area contributed by atoms with E-state index in [0.717, 1.165) is 0 Å². The maximum absolute atomic E-state index is 10.2. The molecule has 0 bridgehead atoms. The van der Waals surface area contributed by atoms with Crippen molar-refractivity contribution in [2.24, 2.45) is 0 Å². The zero-order chi connectivity index (χ0) is 15.1. The van der Waals surface area contributed by atoms with Crippen molar-refractivity contribution in [2.75, 3.05) is 0 Å². The van der Waals surface area contributed by atoms with E-state index in [2.05, 4.69) is 0 Å². The van der Waals surface area contributed by atoms with Gasteiger partial charge in [0, 0.05) is 11.6 Å². The highest BCUT2D eigenvalue weighted by molar-refractivity contribution is 5.46. The first-order valence-electron chi connectivity index (χ1n) is 6.35. The number of aliphatic hydroxyl groups is 2. The molecule has 0 spiro atoms. The number of benzene rings is 2. The molecule has 110 valence electrons. The van der Waals surface area contributed by atoms with Crippen molar-refractivity contribution in [3.05, 3.63) is 47.5 Å². The minimum atomic E-state index is -1.24. The molecule has 6 heteroatoms. The van der Waals surface area contributed by atoms with Crippen LogP contribution < -0.4 is 4.74 Å². The SMILES string of the molecule is Oc1ccc2c(c1)OC(c1ccc(O)c(O)c1)C(O)C2O. The third kappa shape index (κ3) is 2.24. The first-order valence-corrected chi connectivity index (χ1v) is 6.35. The zero-order valence-corrected chi connectivity index (χ0v) is 10.8. The molecule has 21 heavy (non-hydrogen) atoms. The summed E-state index contributed by atoms with van der Waals surface area (Å²) in [6, 6.07) is 8.21. The van der Waals surface area contributed by atoms with Gasteiger partial charge in [-0.15, -0.1) is 0 Å². The Balaban J connectivity index is 2.02. The second-order valence-corrected chi connectivity index (χ2v) is 4.94. The second-order valence-electron chi connectivity index (χ2n) is 4.94. The van der Waals surface area contributed by atoms with E-state index in [4.69, 9.17) is 4.74 Å². The Hall–Kier alpha value is -2.44. The second kappa shape index (κ2) is 4.83. The lowest BCUT2D eigenvalue weighted by molar-refractivity contribution is -0.0701. The number of hydrogen-bond acceptors (Lipinski definition) is 6. The number of fused-ring (bicyclic) bond motifs is 1. The number of hydrogen-bond donors (Lipinski definition) is 5. The van der Waals surface area contributed by atoms with Gasteiger partial charge in [-0.05, 0) is 29.8 Å². The Morgan fingerprint density at radius 1 is 0.857 bits per heavy atom. The molecule has 0 saturated heterocycles. The van der Waals surface area contributed by atoms with Crippen molar-refractivity contribution in [1.29, 1.82) is 0 Å². The Morgan fingerprint density at radius 2 is 1.62 bits per heavy atom. The molecule has 1 heterocycles. The summed E-state index contributed by atoms with van der Waals surface area (Å²) >= 11 is 0. The molecule has 3 unspecified atom stereocenters. The van der Waals surface area contributed by atoms with Crippen molar-refractivity contribution >= 4 is 0 Å². The highest BCUT2D eigenvalue weighted by atomic mass is 16.5. The van der Waals surface area contributed by atoms with Gasteiger partial charge in [-0.1, -0.05) is 6.07 Å². The van der Waals surface area contributed by atoms with Gasteiger partial charge in [0.2, 0.25) is 0 Å². The number of rotatable bonds is 1. The third-order valence-corrected chi connectivity index (χ3v) is 3.53. The number of ether oxygens (including phenoxy) is 1. The highest BCUT2D eigenvalue weighted by Gasteiger charge is 2.37. The first kappa shape index (κ1) is 13.5. The Kier molecular flexibility index (Phi) is 3.12. The fourth-order valence-electron chi connectivity index (χ4n) is 2.41. The van der Waals surface area contributed by atoms with E-state index in [0.29, 0.717) is 11.1 Å². The lowest BCUT2D eigenvalue weighted by Crippen LogP contribution is -2.34. The molecule has 6 nitrogen and oxygen atoms in total. The molecule has 3 atom stereocenters. The molecule has 0 fully saturated rings. The average molecular weight is 290 g/mol. The average Bonchev–Trinajstić information content (AvgIpc) is 2.45. The van der Waals surface area contributed by atoms with Crippen molar-refractivity contribution in [1.82, 2.24) is 0 Å². The lowest BCUT2D eigenvalue weighted by atomic mass is 9.92. The molecular formula is C15H14O6. The zero-order valence-electron chi connectivity index (χ0n) is 10.8. The molecule has 0 radical (unpaired) electrons. The van der Waals surface area contributed by atoms with Gasteiger partial charge in [0.1, 0.15) is 23.7 Å². The molecule has 0 aliphatic carbocycles. The minimum absolute atomic E-state index is 0.0235. The fourth-order valence-corrected chi connectivity index (χ4v) is 2.41. The van der Waals surface area contributed by atoms with Gasteiger partial charge in [0.05, 0.1) is 0 Å². The lowest BCUT2D eigenvalue weighted by Gasteiger charge is -2.34. The van der Waals surface area contributed by atoms with Crippen LogP contribution in [0.15, 0.2) is 36.4 Å². The van der Waals surface area contributed by atoms with E-state index < -0.39 is 18.3 Å². The summed E-state index contributed by atoms with van der Waals surface area (Å²) in [4.78, 5) is 0. The van der Waals surface area contributed by atoms with E-state index in [1.807, 2.05) is 0 Å². The van der Waals surface area contributed by atoms with Gasteiger partial charge in [0.25, 0.3) is 0 Å². The van der Waals surface area contributed by atoms with E-state index >= 15 is 0 Å². The molecule has 3 rings (SSSR count). The summed E-state index contributed by atoms with van der Waals surface area (Å²) in [6.45, 7) is 0. The highest BCUT2D eigenvalue weighted by Crippen LogP contribution is 2.43. The van der Waals surface area contributed by atoms with E-state index in [-0.39, 0.29) is 23.0 Å². The van der Waals surface area contributed by atoms with Gasteiger partial charge >= 0.3 is 0 Å². The third-order valence-electron chi connectivity index (χ3n) is 3.53. The van der Waals surface area contributed by atoms with Gasteiger partial charge in [-0.25, -0.2) is 0 Å². The van der Waals surface area contributed by atoms with Crippen LogP contribution in [0.2, 0.25) is 0 Å². The fraction of sp³-hybridized carbons (Fsp3) is 0.200. The molecule has 1 aliphatic heterocycles. The van der Waals surface area contributed by atoms with Crippen molar-refractivity contribution in [2.45, 2.75) is 18.3 Å². The number of phenolic OH excluding ortho intramolecular Hbond substituents is 3. The molecule has 0 saturated carbocycles. The van der Waals surface area contributed by atoms with Crippen molar-refractivity contribution in [3.8, 4) is 23.0 Å². The van der Waals surface area contributed by atoms with E-state index in [9.17, 15) is 25.5 Å². The monoisotopic (exact) mass is 290 g/mol. The maximum Gasteiger partial charge on any atom is 0.157 e. The largest absolute Gasteiger partial charge is 0.508 e. The molecule has 5 N–H and O–H groups in total. The summed E-state index contributed by atoms with van der Waals surface area (Å²) in [6.07, 6.45) is -3.36. The molecule has 0 amide bonds. The van der Waals surface area contributed by atoms with E-state index in [1.165, 1.54) is 36.4 Å². The summed E-state index contributed by atoms with van der Waals surface area (Å²) < 4.78 is 5.61. The summed E-state index contributed by atoms with van der Waals surface area (Å²) in [5, 5.41) is 48.7. The van der Waals surface area contributed by atoms with Crippen LogP contribution in [0.1, 0.15) is 23.3 Å². The van der Waals surface area contributed by atoms with Gasteiger partial charge in [0.15, 0.2) is 17.6 Å². The van der Waals surface area contributed by atoms with Crippen LogP contribution in [0.3, 0.4) is 0 Å². The van der Waals surface area contributed by atoms with Crippen molar-refractivity contribution < 1.29 is 30.3 Å². The normalized spacial score (nSPS) is 24.2. The summed E-state index contributed by atoms with van der Waals surface area (Å²) in [5.41, 5.74) is 0.769. The van der Waals surface area contributed by atoms with Crippen LogP contribution in [0, 0.1) is 0 Å². The standard InChI is InChI=1S/C15H14O6/c16-8-2-3-9-12(6-8)21-15(14(20)13(9)19)7-1-4-10(17)11(18)5-7/h1-6,13-20H. The van der Waals surface area contributed by atoms with Crippen LogP contribution in [-0.4, -0.2) is 31.6 Å². The Morgan fingerprint density at radius 3 is 2.33 bits per heavy atom. The predicted molar refractivity (Wildman–Crippen MR) is 72.2 cm³/mol. The number of aromatic hydroxyl groups is 3. The molecular weight excluding hydrogens is 276 g/mol. The van der Waals surface area contributed by atoms with Crippen LogP contribution in [-0.2, 0) is 0 Å². The number of phenols is 3. The Labute approximate surface area is 120 Å². The molecule has 0 aromatic heterocycles.